The summed E-state index contributed by atoms with van der Waals surface area (Å²) in [6.07, 6.45) is 3.57. The lowest BCUT2D eigenvalue weighted by Crippen LogP contribution is -2.20. The van der Waals surface area contributed by atoms with Crippen molar-refractivity contribution in [3.8, 4) is 5.75 Å². The van der Waals surface area contributed by atoms with Gasteiger partial charge in [-0.25, -0.2) is 4.68 Å². The fraction of sp³-hybridized carbons (Fsp3) is 0.111. The van der Waals surface area contributed by atoms with E-state index in [1.54, 1.807) is 17.9 Å². The molecule has 0 fully saturated rings. The van der Waals surface area contributed by atoms with Gasteiger partial charge in [0.1, 0.15) is 18.1 Å². The molecule has 4 rings (SSSR count). The molecule has 7 heteroatoms. The summed E-state index contributed by atoms with van der Waals surface area (Å²) in [5.74, 6) is 1.45. The molecular formula is C18H14Cl2N4O. The lowest BCUT2D eigenvalue weighted by molar-refractivity contribution is 0.415. The first-order chi connectivity index (χ1) is 12.2. The SMILES string of the molecule is COc1ccc(C2=C[C@@H](c3cccc(Cl)c3Cl)n3ncnc3N2)cc1. The van der Waals surface area contributed by atoms with Crippen molar-refractivity contribution in [2.75, 3.05) is 12.4 Å². The molecule has 0 spiro atoms. The zero-order valence-electron chi connectivity index (χ0n) is 13.3. The summed E-state index contributed by atoms with van der Waals surface area (Å²) in [6.45, 7) is 0. The summed E-state index contributed by atoms with van der Waals surface area (Å²) in [6, 6.07) is 13.2. The number of rotatable bonds is 3. The van der Waals surface area contributed by atoms with Gasteiger partial charge in [-0.1, -0.05) is 35.3 Å². The molecule has 0 bridgehead atoms. The highest BCUT2D eigenvalue weighted by atomic mass is 35.5. The van der Waals surface area contributed by atoms with Crippen LogP contribution in [-0.4, -0.2) is 21.9 Å². The van der Waals surface area contributed by atoms with Gasteiger partial charge in [0.25, 0.3) is 0 Å². The van der Waals surface area contributed by atoms with E-state index in [-0.39, 0.29) is 6.04 Å². The van der Waals surface area contributed by atoms with Crippen LogP contribution in [0.15, 0.2) is 54.9 Å². The van der Waals surface area contributed by atoms with Crippen LogP contribution in [0.25, 0.3) is 5.70 Å². The van der Waals surface area contributed by atoms with Crippen LogP contribution in [0.1, 0.15) is 17.2 Å². The number of benzene rings is 2. The molecule has 0 unspecified atom stereocenters. The first-order valence-corrected chi connectivity index (χ1v) is 8.39. The minimum absolute atomic E-state index is 0.206. The number of methoxy groups -OCH3 is 1. The van der Waals surface area contributed by atoms with Gasteiger partial charge >= 0.3 is 0 Å². The highest BCUT2D eigenvalue weighted by molar-refractivity contribution is 6.42. The predicted octanol–water partition coefficient (Wildman–Crippen LogP) is 4.65. The van der Waals surface area contributed by atoms with Gasteiger partial charge in [0, 0.05) is 11.3 Å². The zero-order chi connectivity index (χ0) is 17.4. The van der Waals surface area contributed by atoms with Gasteiger partial charge in [-0.2, -0.15) is 10.1 Å². The Labute approximate surface area is 154 Å². The number of aromatic nitrogens is 3. The van der Waals surface area contributed by atoms with Crippen molar-refractivity contribution < 1.29 is 4.74 Å². The Kier molecular flexibility index (Phi) is 4.11. The number of fused-ring (bicyclic) bond motifs is 1. The van der Waals surface area contributed by atoms with Crippen molar-refractivity contribution in [1.29, 1.82) is 0 Å². The molecule has 3 aromatic rings. The molecule has 1 aliphatic rings. The summed E-state index contributed by atoms with van der Waals surface area (Å²) < 4.78 is 7.00. The monoisotopic (exact) mass is 372 g/mol. The first-order valence-electron chi connectivity index (χ1n) is 7.64. The van der Waals surface area contributed by atoms with Crippen LogP contribution in [0.4, 0.5) is 5.95 Å². The standard InChI is InChI=1S/C18H14Cl2N4O/c1-25-12-7-5-11(6-8-12)15-9-16(24-18(23-15)21-10-22-24)13-3-2-4-14(19)17(13)20/h2-10,16H,1H3,(H,21,22,23)/t16-/m0/s1. The van der Waals surface area contributed by atoms with Gasteiger partial charge in [-0.3, -0.25) is 0 Å². The summed E-state index contributed by atoms with van der Waals surface area (Å²) in [7, 11) is 1.65. The summed E-state index contributed by atoms with van der Waals surface area (Å²) in [5, 5.41) is 8.64. The number of nitrogens with zero attached hydrogens (tertiary/aromatic N) is 3. The summed E-state index contributed by atoms with van der Waals surface area (Å²) >= 11 is 12.6. The Balaban J connectivity index is 1.81. The maximum absolute atomic E-state index is 6.43. The number of hydrogen-bond acceptors (Lipinski definition) is 4. The third-order valence-electron chi connectivity index (χ3n) is 4.11. The van der Waals surface area contributed by atoms with Crippen LogP contribution in [0.5, 0.6) is 5.75 Å². The third kappa shape index (κ3) is 2.86. The van der Waals surface area contributed by atoms with E-state index in [2.05, 4.69) is 21.5 Å². The Morgan fingerprint density at radius 3 is 2.68 bits per heavy atom. The number of allylic oxidation sites excluding steroid dienone is 1. The minimum Gasteiger partial charge on any atom is -0.497 e. The number of ether oxygens (including phenoxy) is 1. The number of hydrogen-bond donors (Lipinski definition) is 1. The van der Waals surface area contributed by atoms with Crippen molar-refractivity contribution in [2.45, 2.75) is 6.04 Å². The average molecular weight is 373 g/mol. The number of nitrogens with one attached hydrogen (secondary N) is 1. The normalized spacial score (nSPS) is 16.0. The lowest BCUT2D eigenvalue weighted by atomic mass is 10.0. The highest BCUT2D eigenvalue weighted by Gasteiger charge is 2.25. The second-order valence-corrected chi connectivity index (χ2v) is 6.34. The minimum atomic E-state index is -0.206. The largest absolute Gasteiger partial charge is 0.497 e. The van der Waals surface area contributed by atoms with Crippen LogP contribution < -0.4 is 10.1 Å². The maximum atomic E-state index is 6.43. The Hall–Kier alpha value is -2.50. The summed E-state index contributed by atoms with van der Waals surface area (Å²) in [5.41, 5.74) is 2.80. The molecule has 5 nitrogen and oxygen atoms in total. The molecule has 0 radical (unpaired) electrons. The van der Waals surface area contributed by atoms with E-state index in [0.29, 0.717) is 16.0 Å². The van der Waals surface area contributed by atoms with Crippen LogP contribution in [0, 0.1) is 0 Å². The van der Waals surface area contributed by atoms with Crippen molar-refractivity contribution in [3.63, 3.8) is 0 Å². The molecule has 1 atom stereocenters. The topological polar surface area (TPSA) is 52.0 Å². The molecular weight excluding hydrogens is 359 g/mol. The van der Waals surface area contributed by atoms with Gasteiger partial charge < -0.3 is 10.1 Å². The van der Waals surface area contributed by atoms with E-state index in [9.17, 15) is 0 Å². The fourth-order valence-electron chi connectivity index (χ4n) is 2.84. The van der Waals surface area contributed by atoms with E-state index < -0.39 is 0 Å². The molecule has 0 amide bonds. The molecule has 1 N–H and O–H groups in total. The smallest absolute Gasteiger partial charge is 0.226 e. The van der Waals surface area contributed by atoms with E-state index >= 15 is 0 Å². The molecule has 1 aliphatic heterocycles. The Bertz CT molecular complexity index is 950. The van der Waals surface area contributed by atoms with Crippen LogP contribution in [0.3, 0.4) is 0 Å². The van der Waals surface area contributed by atoms with E-state index in [1.165, 1.54) is 6.33 Å². The molecule has 0 saturated carbocycles. The van der Waals surface area contributed by atoms with E-state index in [1.807, 2.05) is 36.4 Å². The molecule has 1 aromatic heterocycles. The van der Waals surface area contributed by atoms with E-state index in [4.69, 9.17) is 27.9 Å². The van der Waals surface area contributed by atoms with Crippen molar-refractivity contribution in [2.24, 2.45) is 0 Å². The van der Waals surface area contributed by atoms with Gasteiger partial charge in [-0.15, -0.1) is 0 Å². The van der Waals surface area contributed by atoms with Crippen molar-refractivity contribution in [3.05, 3.63) is 76.0 Å². The van der Waals surface area contributed by atoms with Crippen LogP contribution >= 0.6 is 23.2 Å². The highest BCUT2D eigenvalue weighted by Crippen LogP contribution is 2.37. The molecule has 0 aliphatic carbocycles. The predicted molar refractivity (Wildman–Crippen MR) is 99.2 cm³/mol. The summed E-state index contributed by atoms with van der Waals surface area (Å²) in [4.78, 5) is 4.29. The zero-order valence-corrected chi connectivity index (χ0v) is 14.8. The second kappa shape index (κ2) is 6.43. The first kappa shape index (κ1) is 16.0. The lowest BCUT2D eigenvalue weighted by Gasteiger charge is -2.25. The van der Waals surface area contributed by atoms with E-state index in [0.717, 1.165) is 22.6 Å². The fourth-order valence-corrected chi connectivity index (χ4v) is 3.26. The average Bonchev–Trinajstić information content (AvgIpc) is 3.12. The van der Waals surface area contributed by atoms with Gasteiger partial charge in [-0.05, 0) is 42.0 Å². The van der Waals surface area contributed by atoms with Crippen molar-refractivity contribution >= 4 is 34.8 Å². The quantitative estimate of drug-likeness (QED) is 0.726. The third-order valence-corrected chi connectivity index (χ3v) is 4.94. The molecule has 25 heavy (non-hydrogen) atoms. The Morgan fingerprint density at radius 1 is 1.12 bits per heavy atom. The molecule has 2 heterocycles. The molecule has 0 saturated heterocycles. The van der Waals surface area contributed by atoms with Gasteiger partial charge in [0.2, 0.25) is 5.95 Å². The second-order valence-electron chi connectivity index (χ2n) is 5.55. The number of halogens is 2. The van der Waals surface area contributed by atoms with Crippen LogP contribution in [-0.2, 0) is 0 Å². The van der Waals surface area contributed by atoms with Crippen molar-refractivity contribution in [1.82, 2.24) is 14.8 Å². The molecule has 2 aromatic carbocycles. The number of anilines is 1. The molecule has 126 valence electrons. The maximum Gasteiger partial charge on any atom is 0.226 e. The van der Waals surface area contributed by atoms with Crippen LogP contribution in [0.2, 0.25) is 10.0 Å². The Morgan fingerprint density at radius 2 is 1.92 bits per heavy atom. The van der Waals surface area contributed by atoms with Gasteiger partial charge in [0.05, 0.1) is 17.2 Å². The van der Waals surface area contributed by atoms with Gasteiger partial charge in [0.15, 0.2) is 0 Å².